The highest BCUT2D eigenvalue weighted by Crippen LogP contribution is 2.45. The number of nitrogens with one attached hydrogen (secondary N) is 1. The molecule has 1 fully saturated rings. The van der Waals surface area contributed by atoms with Crippen LogP contribution in [0.4, 0.5) is 0 Å². The van der Waals surface area contributed by atoms with E-state index >= 15 is 0 Å². The Labute approximate surface area is 117 Å². The highest BCUT2D eigenvalue weighted by Gasteiger charge is 2.42. The lowest BCUT2D eigenvalue weighted by Gasteiger charge is -2.19. The number of halogens is 2. The molecule has 0 aliphatic heterocycles. The van der Waals surface area contributed by atoms with Crippen LogP contribution in [0.1, 0.15) is 36.4 Å². The predicted molar refractivity (Wildman–Crippen MR) is 74.3 cm³/mol. The van der Waals surface area contributed by atoms with Crippen molar-refractivity contribution < 1.29 is 5.11 Å². The van der Waals surface area contributed by atoms with Crippen LogP contribution in [0, 0.1) is 5.41 Å². The largest absolute Gasteiger partial charge is 0.396 e. The normalized spacial score (nSPS) is 24.1. The second-order valence-electron chi connectivity index (χ2n) is 5.56. The zero-order valence-electron chi connectivity index (χ0n) is 10.2. The first-order chi connectivity index (χ1) is 8.65. The Morgan fingerprint density at radius 1 is 1.33 bits per heavy atom. The van der Waals surface area contributed by atoms with Gasteiger partial charge < -0.3 is 10.4 Å². The zero-order valence-corrected chi connectivity index (χ0v) is 11.7. The lowest BCUT2D eigenvalue weighted by Crippen LogP contribution is -2.29. The zero-order chi connectivity index (χ0) is 12.8. The van der Waals surface area contributed by atoms with Gasteiger partial charge >= 0.3 is 0 Å². The van der Waals surface area contributed by atoms with E-state index in [1.54, 1.807) is 0 Å². The molecule has 0 amide bonds. The Hall–Kier alpha value is -0.280. The Morgan fingerprint density at radius 2 is 2.11 bits per heavy atom. The maximum atomic E-state index is 9.33. The molecule has 2 nitrogen and oxygen atoms in total. The summed E-state index contributed by atoms with van der Waals surface area (Å²) >= 11 is 12.3. The molecule has 4 heteroatoms. The summed E-state index contributed by atoms with van der Waals surface area (Å²) in [5.74, 6) is 0. The average molecular weight is 286 g/mol. The molecule has 0 spiro atoms. The molecule has 98 valence electrons. The maximum absolute atomic E-state index is 9.33. The molecule has 2 N–H and O–H groups in total. The quantitative estimate of drug-likeness (QED) is 0.889. The molecule has 0 radical (unpaired) electrons. The SMILES string of the molecule is OCC1(CNC2CCc3c2ccc(Cl)c3Cl)CC1. The summed E-state index contributed by atoms with van der Waals surface area (Å²) in [5.41, 5.74) is 2.62. The van der Waals surface area contributed by atoms with Crippen LogP contribution >= 0.6 is 23.2 Å². The molecule has 1 saturated carbocycles. The summed E-state index contributed by atoms with van der Waals surface area (Å²) in [6, 6.07) is 4.31. The minimum absolute atomic E-state index is 0.152. The summed E-state index contributed by atoms with van der Waals surface area (Å²) in [6.45, 7) is 1.19. The second kappa shape index (κ2) is 4.68. The minimum atomic E-state index is 0.152. The van der Waals surface area contributed by atoms with Gasteiger partial charge in [-0.2, -0.15) is 0 Å². The Morgan fingerprint density at radius 3 is 2.78 bits per heavy atom. The molecule has 2 aliphatic carbocycles. The van der Waals surface area contributed by atoms with Crippen molar-refractivity contribution in [2.24, 2.45) is 5.41 Å². The van der Waals surface area contributed by atoms with Gasteiger partial charge in [-0.1, -0.05) is 29.3 Å². The van der Waals surface area contributed by atoms with Crippen LogP contribution in [-0.2, 0) is 6.42 Å². The van der Waals surface area contributed by atoms with E-state index in [1.165, 1.54) is 11.1 Å². The fraction of sp³-hybridized carbons (Fsp3) is 0.571. The van der Waals surface area contributed by atoms with E-state index in [-0.39, 0.29) is 5.41 Å². The standard InChI is InChI=1S/C14H17Cl2NO/c15-11-3-1-9-10(13(11)16)2-4-12(9)17-7-14(8-18)5-6-14/h1,3,12,17-18H,2,4-8H2. The van der Waals surface area contributed by atoms with Crippen LogP contribution in [0.3, 0.4) is 0 Å². The first kappa shape index (κ1) is 12.7. The molecule has 1 aromatic carbocycles. The molecule has 1 aromatic rings. The lowest BCUT2D eigenvalue weighted by atomic mass is 10.1. The molecule has 0 heterocycles. The van der Waals surface area contributed by atoms with Crippen molar-refractivity contribution in [3.8, 4) is 0 Å². The number of aliphatic hydroxyl groups excluding tert-OH is 1. The van der Waals surface area contributed by atoms with E-state index in [2.05, 4.69) is 11.4 Å². The monoisotopic (exact) mass is 285 g/mol. The van der Waals surface area contributed by atoms with Crippen molar-refractivity contribution in [2.45, 2.75) is 31.7 Å². The molecule has 18 heavy (non-hydrogen) atoms. The number of hydrogen-bond acceptors (Lipinski definition) is 2. The fourth-order valence-electron chi connectivity index (χ4n) is 2.75. The molecule has 0 saturated heterocycles. The minimum Gasteiger partial charge on any atom is -0.396 e. The lowest BCUT2D eigenvalue weighted by molar-refractivity contribution is 0.204. The number of benzene rings is 1. The van der Waals surface area contributed by atoms with Crippen molar-refractivity contribution in [3.63, 3.8) is 0 Å². The van der Waals surface area contributed by atoms with Crippen molar-refractivity contribution in [1.82, 2.24) is 5.32 Å². The first-order valence-electron chi connectivity index (χ1n) is 6.46. The van der Waals surface area contributed by atoms with Gasteiger partial charge in [0.1, 0.15) is 0 Å². The Bertz CT molecular complexity index is 471. The van der Waals surface area contributed by atoms with E-state index in [1.807, 2.05) is 6.07 Å². The van der Waals surface area contributed by atoms with Crippen molar-refractivity contribution >= 4 is 23.2 Å². The van der Waals surface area contributed by atoms with Gasteiger partial charge in [-0.15, -0.1) is 0 Å². The van der Waals surface area contributed by atoms with Crippen molar-refractivity contribution in [3.05, 3.63) is 33.3 Å². The van der Waals surface area contributed by atoms with Crippen molar-refractivity contribution in [1.29, 1.82) is 0 Å². The number of aliphatic hydroxyl groups is 1. The van der Waals surface area contributed by atoms with E-state index in [4.69, 9.17) is 23.2 Å². The molecule has 1 unspecified atom stereocenters. The van der Waals surface area contributed by atoms with E-state index < -0.39 is 0 Å². The van der Waals surface area contributed by atoms with E-state index in [0.29, 0.717) is 22.7 Å². The van der Waals surface area contributed by atoms with E-state index in [9.17, 15) is 5.11 Å². The molecule has 1 atom stereocenters. The van der Waals surface area contributed by atoms with Gasteiger partial charge in [0.25, 0.3) is 0 Å². The van der Waals surface area contributed by atoms with Crippen LogP contribution in [-0.4, -0.2) is 18.3 Å². The molecule has 2 aliphatic rings. The van der Waals surface area contributed by atoms with Crippen molar-refractivity contribution in [2.75, 3.05) is 13.2 Å². The molecule has 3 rings (SSSR count). The van der Waals surface area contributed by atoms with Crippen LogP contribution in [0.25, 0.3) is 0 Å². The van der Waals surface area contributed by atoms with Crippen LogP contribution < -0.4 is 5.32 Å². The third-order valence-electron chi connectivity index (χ3n) is 4.31. The van der Waals surface area contributed by atoms with E-state index in [0.717, 1.165) is 32.2 Å². The van der Waals surface area contributed by atoms with Gasteiger partial charge in [0.15, 0.2) is 0 Å². The predicted octanol–water partition coefficient (Wildman–Crippen LogP) is 3.34. The topological polar surface area (TPSA) is 32.3 Å². The average Bonchev–Trinajstić information content (AvgIpc) is 3.05. The van der Waals surface area contributed by atoms with Gasteiger partial charge in [0.05, 0.1) is 10.0 Å². The van der Waals surface area contributed by atoms with Gasteiger partial charge in [0.2, 0.25) is 0 Å². The van der Waals surface area contributed by atoms with Gasteiger partial charge in [0, 0.05) is 24.6 Å². The maximum Gasteiger partial charge on any atom is 0.0627 e. The van der Waals surface area contributed by atoms with Crippen LogP contribution in [0.15, 0.2) is 12.1 Å². The Kier molecular flexibility index (Phi) is 3.31. The molecule has 0 aromatic heterocycles. The highest BCUT2D eigenvalue weighted by atomic mass is 35.5. The number of hydrogen-bond donors (Lipinski definition) is 2. The number of fused-ring (bicyclic) bond motifs is 1. The second-order valence-corrected chi connectivity index (χ2v) is 6.34. The summed E-state index contributed by atoms with van der Waals surface area (Å²) in [6.07, 6.45) is 4.32. The van der Waals surface area contributed by atoms with Gasteiger partial charge in [-0.3, -0.25) is 0 Å². The third-order valence-corrected chi connectivity index (χ3v) is 5.15. The molecular weight excluding hydrogens is 269 g/mol. The molecule has 0 bridgehead atoms. The van der Waals surface area contributed by atoms with Crippen LogP contribution in [0.5, 0.6) is 0 Å². The smallest absolute Gasteiger partial charge is 0.0627 e. The number of rotatable bonds is 4. The summed E-state index contributed by atoms with van der Waals surface area (Å²) < 4.78 is 0. The fourth-order valence-corrected chi connectivity index (χ4v) is 3.20. The Balaban J connectivity index is 1.73. The van der Waals surface area contributed by atoms with Gasteiger partial charge in [-0.05, 0) is 42.9 Å². The first-order valence-corrected chi connectivity index (χ1v) is 7.22. The van der Waals surface area contributed by atoms with Gasteiger partial charge in [-0.25, -0.2) is 0 Å². The highest BCUT2D eigenvalue weighted by molar-refractivity contribution is 6.42. The summed E-state index contributed by atoms with van der Waals surface area (Å²) in [4.78, 5) is 0. The molecular formula is C14H17Cl2NO. The van der Waals surface area contributed by atoms with Crippen LogP contribution in [0.2, 0.25) is 10.0 Å². The summed E-state index contributed by atoms with van der Waals surface area (Å²) in [5, 5.41) is 14.3. The summed E-state index contributed by atoms with van der Waals surface area (Å²) in [7, 11) is 0. The third kappa shape index (κ3) is 2.16.